The first kappa shape index (κ1) is 21.8. The highest BCUT2D eigenvalue weighted by Crippen LogP contribution is 2.22. The minimum absolute atomic E-state index is 0.134. The lowest BCUT2D eigenvalue weighted by molar-refractivity contribution is -0.385. The van der Waals surface area contributed by atoms with Gasteiger partial charge in [0, 0.05) is 30.8 Å². The highest BCUT2D eigenvalue weighted by Gasteiger charge is 2.16. The summed E-state index contributed by atoms with van der Waals surface area (Å²) in [6, 6.07) is 15.9. The summed E-state index contributed by atoms with van der Waals surface area (Å²) in [6.07, 6.45) is 0. The van der Waals surface area contributed by atoms with E-state index in [1.54, 1.807) is 21.1 Å². The molecule has 3 aromatic carbocycles. The van der Waals surface area contributed by atoms with E-state index in [1.165, 1.54) is 23.1 Å². The van der Waals surface area contributed by atoms with Crippen molar-refractivity contribution in [2.45, 2.75) is 13.5 Å². The first-order valence-corrected chi connectivity index (χ1v) is 9.62. The Labute approximate surface area is 179 Å². The largest absolute Gasteiger partial charge is 0.497 e. The number of hydrogen-bond donors (Lipinski definition) is 1. The van der Waals surface area contributed by atoms with Gasteiger partial charge in [-0.25, -0.2) is 0 Å². The van der Waals surface area contributed by atoms with Crippen LogP contribution in [0.3, 0.4) is 0 Å². The Morgan fingerprint density at radius 2 is 1.77 bits per heavy atom. The van der Waals surface area contributed by atoms with Gasteiger partial charge in [-0.2, -0.15) is 0 Å². The second-order valence-electron chi connectivity index (χ2n) is 7.24. The fraction of sp³-hybridized carbons (Fsp3) is 0.217. The minimum Gasteiger partial charge on any atom is -0.497 e. The lowest BCUT2D eigenvalue weighted by Crippen LogP contribution is -2.37. The van der Waals surface area contributed by atoms with Crippen molar-refractivity contribution in [2.24, 2.45) is 0 Å². The molecule has 0 unspecified atom stereocenters. The molecule has 0 saturated carbocycles. The number of amides is 2. The van der Waals surface area contributed by atoms with E-state index >= 15 is 0 Å². The lowest BCUT2D eigenvalue weighted by atomic mass is 10.1. The molecule has 0 aliphatic rings. The third-order valence-corrected chi connectivity index (χ3v) is 5.03. The number of rotatable bonds is 7. The van der Waals surface area contributed by atoms with E-state index in [2.05, 4.69) is 5.32 Å². The SMILES string of the molecule is COc1ccc2cc(CN(C)C(=O)CNC(=O)c3ccc(C)c([N+](=O)[O-])c3)ccc2c1. The molecule has 0 heterocycles. The van der Waals surface area contributed by atoms with E-state index in [9.17, 15) is 19.7 Å². The van der Waals surface area contributed by atoms with Gasteiger partial charge < -0.3 is 15.0 Å². The summed E-state index contributed by atoms with van der Waals surface area (Å²) < 4.78 is 5.23. The van der Waals surface area contributed by atoms with Crippen LogP contribution in [0.1, 0.15) is 21.5 Å². The van der Waals surface area contributed by atoms with E-state index in [0.717, 1.165) is 22.1 Å². The Morgan fingerprint density at radius 3 is 2.48 bits per heavy atom. The summed E-state index contributed by atoms with van der Waals surface area (Å²) in [6.45, 7) is 1.77. The number of carbonyl (C=O) groups excluding carboxylic acids is 2. The predicted molar refractivity (Wildman–Crippen MR) is 117 cm³/mol. The molecule has 0 aliphatic heterocycles. The number of carbonyl (C=O) groups is 2. The number of ether oxygens (including phenoxy) is 1. The number of aryl methyl sites for hydroxylation is 1. The standard InChI is InChI=1S/C23H23N3O5/c1-15-4-6-19(12-21(15)26(29)30)23(28)24-13-22(27)25(2)14-16-5-7-18-11-20(31-3)9-8-17(18)10-16/h4-12H,13-14H2,1-3H3,(H,24,28). The molecule has 0 aromatic heterocycles. The van der Waals surface area contributed by atoms with Crippen LogP contribution in [0.15, 0.2) is 54.6 Å². The summed E-state index contributed by atoms with van der Waals surface area (Å²) in [5.41, 5.74) is 1.42. The van der Waals surface area contributed by atoms with Crippen molar-refractivity contribution in [1.82, 2.24) is 10.2 Å². The fourth-order valence-corrected chi connectivity index (χ4v) is 3.20. The zero-order valence-electron chi connectivity index (χ0n) is 17.5. The van der Waals surface area contributed by atoms with Crippen LogP contribution in [-0.4, -0.2) is 42.3 Å². The molecule has 2 amide bonds. The quantitative estimate of drug-likeness (QED) is 0.465. The van der Waals surface area contributed by atoms with Crippen molar-refractivity contribution in [3.05, 3.63) is 81.4 Å². The molecule has 0 atom stereocenters. The average Bonchev–Trinajstić information content (AvgIpc) is 2.76. The molecule has 0 bridgehead atoms. The normalized spacial score (nSPS) is 10.5. The molecule has 3 aromatic rings. The van der Waals surface area contributed by atoms with Crippen LogP contribution in [0.4, 0.5) is 5.69 Å². The smallest absolute Gasteiger partial charge is 0.273 e. The summed E-state index contributed by atoms with van der Waals surface area (Å²) >= 11 is 0. The molecule has 8 nitrogen and oxygen atoms in total. The monoisotopic (exact) mass is 421 g/mol. The molecular weight excluding hydrogens is 398 g/mol. The van der Waals surface area contributed by atoms with Gasteiger partial charge in [0.15, 0.2) is 0 Å². The van der Waals surface area contributed by atoms with Gasteiger partial charge >= 0.3 is 0 Å². The maximum atomic E-state index is 12.4. The number of nitrogens with zero attached hydrogens (tertiary/aromatic N) is 2. The van der Waals surface area contributed by atoms with Crippen molar-refractivity contribution >= 4 is 28.3 Å². The molecule has 3 rings (SSSR count). The Morgan fingerprint density at radius 1 is 1.06 bits per heavy atom. The zero-order valence-corrected chi connectivity index (χ0v) is 17.5. The van der Waals surface area contributed by atoms with Gasteiger partial charge in [-0.05, 0) is 47.5 Å². The van der Waals surface area contributed by atoms with Gasteiger partial charge in [0.2, 0.25) is 5.91 Å². The molecular formula is C23H23N3O5. The van der Waals surface area contributed by atoms with Gasteiger partial charge in [-0.1, -0.05) is 24.3 Å². The van der Waals surface area contributed by atoms with Gasteiger partial charge in [0.25, 0.3) is 11.6 Å². The van der Waals surface area contributed by atoms with Crippen molar-refractivity contribution in [2.75, 3.05) is 20.7 Å². The van der Waals surface area contributed by atoms with Crippen molar-refractivity contribution in [3.63, 3.8) is 0 Å². The van der Waals surface area contributed by atoms with Crippen molar-refractivity contribution in [3.8, 4) is 5.75 Å². The Bertz CT molecular complexity index is 1160. The number of likely N-dealkylation sites (N-methyl/N-ethyl adjacent to an activating group) is 1. The van der Waals surface area contributed by atoms with Gasteiger partial charge in [-0.3, -0.25) is 19.7 Å². The lowest BCUT2D eigenvalue weighted by Gasteiger charge is -2.18. The van der Waals surface area contributed by atoms with Gasteiger partial charge in [-0.15, -0.1) is 0 Å². The Balaban J connectivity index is 1.60. The molecule has 0 aliphatic carbocycles. The highest BCUT2D eigenvalue weighted by atomic mass is 16.6. The maximum absolute atomic E-state index is 12.4. The van der Waals surface area contributed by atoms with E-state index in [0.29, 0.717) is 12.1 Å². The number of nitro benzene ring substituents is 1. The second-order valence-corrected chi connectivity index (χ2v) is 7.24. The summed E-state index contributed by atoms with van der Waals surface area (Å²) in [5.74, 6) is -0.0310. The Kier molecular flexibility index (Phi) is 6.49. The highest BCUT2D eigenvalue weighted by molar-refractivity contribution is 5.97. The van der Waals surface area contributed by atoms with Crippen LogP contribution in [0.25, 0.3) is 10.8 Å². The molecule has 160 valence electrons. The molecule has 0 fully saturated rings. The van der Waals surface area contributed by atoms with Crippen LogP contribution in [0, 0.1) is 17.0 Å². The van der Waals surface area contributed by atoms with Gasteiger partial charge in [0.05, 0.1) is 18.6 Å². The van der Waals surface area contributed by atoms with Crippen LogP contribution in [-0.2, 0) is 11.3 Å². The third-order valence-electron chi connectivity index (χ3n) is 5.03. The number of fused-ring (bicyclic) bond motifs is 1. The maximum Gasteiger partial charge on any atom is 0.273 e. The number of nitrogens with one attached hydrogen (secondary N) is 1. The van der Waals surface area contributed by atoms with E-state index in [-0.39, 0.29) is 23.7 Å². The molecule has 0 saturated heterocycles. The van der Waals surface area contributed by atoms with E-state index < -0.39 is 10.8 Å². The number of nitro groups is 1. The third kappa shape index (κ3) is 5.16. The fourth-order valence-electron chi connectivity index (χ4n) is 3.20. The molecule has 8 heteroatoms. The molecule has 0 radical (unpaired) electrons. The molecule has 31 heavy (non-hydrogen) atoms. The van der Waals surface area contributed by atoms with Crippen LogP contribution in [0.2, 0.25) is 0 Å². The topological polar surface area (TPSA) is 102 Å². The average molecular weight is 421 g/mol. The molecule has 1 N–H and O–H groups in total. The molecule has 0 spiro atoms. The van der Waals surface area contributed by atoms with E-state index in [4.69, 9.17) is 4.74 Å². The van der Waals surface area contributed by atoms with Crippen LogP contribution in [0.5, 0.6) is 5.75 Å². The number of benzene rings is 3. The van der Waals surface area contributed by atoms with Crippen molar-refractivity contribution in [1.29, 1.82) is 0 Å². The summed E-state index contributed by atoms with van der Waals surface area (Å²) in [5, 5.41) is 15.6. The minimum atomic E-state index is -0.537. The zero-order chi connectivity index (χ0) is 22.5. The van der Waals surface area contributed by atoms with Crippen LogP contribution >= 0.6 is 0 Å². The Hall–Kier alpha value is -3.94. The van der Waals surface area contributed by atoms with Gasteiger partial charge in [0.1, 0.15) is 5.75 Å². The first-order chi connectivity index (χ1) is 14.8. The summed E-state index contributed by atoms with van der Waals surface area (Å²) in [7, 11) is 3.28. The van der Waals surface area contributed by atoms with Crippen LogP contribution < -0.4 is 10.1 Å². The number of hydrogen-bond acceptors (Lipinski definition) is 5. The second kappa shape index (κ2) is 9.25. The summed E-state index contributed by atoms with van der Waals surface area (Å²) in [4.78, 5) is 36.8. The van der Waals surface area contributed by atoms with E-state index in [1.807, 2.05) is 36.4 Å². The first-order valence-electron chi connectivity index (χ1n) is 9.62. The predicted octanol–water partition coefficient (Wildman–Crippen LogP) is 3.45. The van der Waals surface area contributed by atoms with Crippen molar-refractivity contribution < 1.29 is 19.2 Å². The number of methoxy groups -OCH3 is 1.